The summed E-state index contributed by atoms with van der Waals surface area (Å²) < 4.78 is 36.5. The third-order valence-electron chi connectivity index (χ3n) is 1.77. The van der Waals surface area contributed by atoms with Crippen molar-refractivity contribution in [2.24, 2.45) is 5.73 Å². The fraction of sp³-hybridized carbons (Fsp3) is 0.357. The highest BCUT2D eigenvalue weighted by molar-refractivity contribution is 5.64. The van der Waals surface area contributed by atoms with Crippen molar-refractivity contribution in [3.05, 3.63) is 41.5 Å². The summed E-state index contributed by atoms with van der Waals surface area (Å²) in [6, 6.07) is 6.01. The molecule has 0 amide bonds. The molecule has 19 heavy (non-hydrogen) atoms. The van der Waals surface area contributed by atoms with Crippen LogP contribution in [0.4, 0.5) is 13.2 Å². The molecule has 0 spiro atoms. The number of benzene rings is 1. The Hall–Kier alpha value is -1.96. The molecule has 0 atom stereocenters. The highest BCUT2D eigenvalue weighted by Crippen LogP contribution is 2.29. The number of nitriles is 1. The smallest absolute Gasteiger partial charge is 0.398 e. The van der Waals surface area contributed by atoms with Gasteiger partial charge in [0.15, 0.2) is 0 Å². The van der Waals surface area contributed by atoms with E-state index in [4.69, 9.17) is 11.0 Å². The van der Waals surface area contributed by atoms with Gasteiger partial charge >= 0.3 is 6.18 Å². The van der Waals surface area contributed by atoms with E-state index in [0.29, 0.717) is 5.56 Å². The van der Waals surface area contributed by atoms with E-state index in [2.05, 4.69) is 0 Å². The number of allylic oxidation sites excluding steroid dienone is 1. The van der Waals surface area contributed by atoms with Gasteiger partial charge < -0.3 is 5.73 Å². The molecular formula is C14H19F3N2. The summed E-state index contributed by atoms with van der Waals surface area (Å²) in [6.07, 6.45) is -3.28. The Morgan fingerprint density at radius 3 is 1.84 bits per heavy atom. The van der Waals surface area contributed by atoms with Gasteiger partial charge in [-0.15, -0.1) is 0 Å². The lowest BCUT2D eigenvalue weighted by Gasteiger charge is -2.07. The molecule has 0 radical (unpaired) electrons. The number of nitrogens with two attached hydrogens (primary N) is 1. The van der Waals surface area contributed by atoms with Gasteiger partial charge in [-0.05, 0) is 17.7 Å². The Balaban J connectivity index is 0. The maximum Gasteiger partial charge on any atom is 0.416 e. The van der Waals surface area contributed by atoms with Crippen LogP contribution in [0.1, 0.15) is 38.8 Å². The summed E-state index contributed by atoms with van der Waals surface area (Å²) in [5.74, 6) is 0. The van der Waals surface area contributed by atoms with Crippen LogP contribution in [-0.2, 0) is 6.18 Å². The summed E-state index contributed by atoms with van der Waals surface area (Å²) in [5.41, 5.74) is 5.22. The number of hydrogen-bond donors (Lipinski definition) is 1. The summed E-state index contributed by atoms with van der Waals surface area (Å²) in [4.78, 5) is 0. The van der Waals surface area contributed by atoms with Crippen LogP contribution >= 0.6 is 0 Å². The average molecular weight is 272 g/mol. The van der Waals surface area contributed by atoms with Gasteiger partial charge in [0.1, 0.15) is 0 Å². The van der Waals surface area contributed by atoms with Gasteiger partial charge in [-0.1, -0.05) is 39.8 Å². The van der Waals surface area contributed by atoms with E-state index >= 15 is 0 Å². The molecule has 0 aliphatic rings. The molecular weight excluding hydrogens is 253 g/mol. The SMILES string of the molecule is CC.CC.N#C/C=C(\N)c1ccc(C(F)(F)F)cc1. The molecule has 2 N–H and O–H groups in total. The van der Waals surface area contributed by atoms with E-state index in [1.54, 1.807) is 6.07 Å². The number of hydrogen-bond acceptors (Lipinski definition) is 2. The van der Waals surface area contributed by atoms with E-state index in [-0.39, 0.29) is 5.70 Å². The van der Waals surface area contributed by atoms with Crippen LogP contribution in [0.2, 0.25) is 0 Å². The molecule has 106 valence electrons. The van der Waals surface area contributed by atoms with Crippen molar-refractivity contribution >= 4 is 5.70 Å². The molecule has 0 aliphatic heterocycles. The van der Waals surface area contributed by atoms with E-state index in [1.807, 2.05) is 27.7 Å². The Labute approximate surface area is 112 Å². The van der Waals surface area contributed by atoms with Crippen molar-refractivity contribution in [1.82, 2.24) is 0 Å². The van der Waals surface area contributed by atoms with Gasteiger partial charge in [0.25, 0.3) is 0 Å². The summed E-state index contributed by atoms with van der Waals surface area (Å²) in [5, 5.41) is 8.30. The molecule has 2 nitrogen and oxygen atoms in total. The zero-order valence-corrected chi connectivity index (χ0v) is 11.5. The molecule has 0 saturated heterocycles. The van der Waals surface area contributed by atoms with Crippen molar-refractivity contribution in [2.75, 3.05) is 0 Å². The summed E-state index contributed by atoms with van der Waals surface area (Å²) in [7, 11) is 0. The quantitative estimate of drug-likeness (QED) is 0.761. The van der Waals surface area contributed by atoms with Crippen LogP contribution in [-0.4, -0.2) is 0 Å². The average Bonchev–Trinajstić information content (AvgIpc) is 2.43. The van der Waals surface area contributed by atoms with Gasteiger partial charge in [-0.2, -0.15) is 18.4 Å². The van der Waals surface area contributed by atoms with Crippen molar-refractivity contribution < 1.29 is 13.2 Å². The Morgan fingerprint density at radius 2 is 1.53 bits per heavy atom. The third kappa shape index (κ3) is 7.14. The molecule has 1 aromatic rings. The zero-order chi connectivity index (χ0) is 15.5. The first-order valence-electron chi connectivity index (χ1n) is 5.98. The summed E-state index contributed by atoms with van der Waals surface area (Å²) in [6.45, 7) is 8.00. The van der Waals surface area contributed by atoms with Gasteiger partial charge in [0.2, 0.25) is 0 Å². The van der Waals surface area contributed by atoms with Crippen LogP contribution in [0.5, 0.6) is 0 Å². The molecule has 0 aromatic heterocycles. The van der Waals surface area contributed by atoms with Crippen molar-refractivity contribution in [1.29, 1.82) is 5.26 Å². The van der Waals surface area contributed by atoms with Gasteiger partial charge in [0.05, 0.1) is 11.6 Å². The topological polar surface area (TPSA) is 49.8 Å². The van der Waals surface area contributed by atoms with E-state index < -0.39 is 11.7 Å². The largest absolute Gasteiger partial charge is 0.416 e. The lowest BCUT2D eigenvalue weighted by molar-refractivity contribution is -0.137. The molecule has 0 heterocycles. The normalized spacial score (nSPS) is 10.3. The molecule has 0 unspecified atom stereocenters. The molecule has 1 aromatic carbocycles. The molecule has 0 aliphatic carbocycles. The number of nitrogens with zero attached hydrogens (tertiary/aromatic N) is 1. The second-order valence-corrected chi connectivity index (χ2v) is 2.80. The van der Waals surface area contributed by atoms with Crippen molar-refractivity contribution in [2.45, 2.75) is 33.9 Å². The first-order valence-corrected chi connectivity index (χ1v) is 5.98. The van der Waals surface area contributed by atoms with E-state index in [9.17, 15) is 13.2 Å². The Kier molecular flexibility index (Phi) is 10.2. The minimum Gasteiger partial charge on any atom is -0.398 e. The molecule has 0 bridgehead atoms. The van der Waals surface area contributed by atoms with Gasteiger partial charge in [-0.25, -0.2) is 0 Å². The van der Waals surface area contributed by atoms with E-state index in [1.165, 1.54) is 12.1 Å². The maximum absolute atomic E-state index is 12.2. The number of alkyl halides is 3. The number of rotatable bonds is 1. The molecule has 5 heteroatoms. The molecule has 0 fully saturated rings. The lowest BCUT2D eigenvalue weighted by Crippen LogP contribution is -2.05. The minimum absolute atomic E-state index is 0.145. The first kappa shape index (κ1) is 19.4. The lowest BCUT2D eigenvalue weighted by atomic mass is 10.1. The summed E-state index contributed by atoms with van der Waals surface area (Å²) >= 11 is 0. The molecule has 0 saturated carbocycles. The second kappa shape index (κ2) is 10.0. The highest BCUT2D eigenvalue weighted by Gasteiger charge is 2.29. The van der Waals surface area contributed by atoms with Gasteiger partial charge in [0, 0.05) is 11.8 Å². The van der Waals surface area contributed by atoms with Gasteiger partial charge in [-0.3, -0.25) is 0 Å². The van der Waals surface area contributed by atoms with E-state index in [0.717, 1.165) is 18.2 Å². The third-order valence-corrected chi connectivity index (χ3v) is 1.77. The highest BCUT2D eigenvalue weighted by atomic mass is 19.4. The minimum atomic E-state index is -4.35. The van der Waals surface area contributed by atoms with Crippen LogP contribution in [0, 0.1) is 11.3 Å². The molecule has 1 rings (SSSR count). The van der Waals surface area contributed by atoms with Crippen LogP contribution in [0.15, 0.2) is 30.3 Å². The predicted octanol–water partition coefficient (Wildman–Crippen LogP) is 4.58. The Morgan fingerprint density at radius 1 is 1.11 bits per heavy atom. The number of halogens is 3. The fourth-order valence-electron chi connectivity index (χ4n) is 1.00. The Bertz CT molecular complexity index is 412. The monoisotopic (exact) mass is 272 g/mol. The second-order valence-electron chi connectivity index (χ2n) is 2.80. The predicted molar refractivity (Wildman–Crippen MR) is 71.9 cm³/mol. The van der Waals surface area contributed by atoms with Crippen LogP contribution < -0.4 is 5.73 Å². The van der Waals surface area contributed by atoms with Crippen LogP contribution in [0.3, 0.4) is 0 Å². The van der Waals surface area contributed by atoms with Crippen LogP contribution in [0.25, 0.3) is 5.70 Å². The maximum atomic E-state index is 12.2. The van der Waals surface area contributed by atoms with Crippen molar-refractivity contribution in [3.63, 3.8) is 0 Å². The van der Waals surface area contributed by atoms with Crippen molar-refractivity contribution in [3.8, 4) is 6.07 Å². The fourth-order valence-corrected chi connectivity index (χ4v) is 1.00. The zero-order valence-electron chi connectivity index (χ0n) is 11.5. The standard InChI is InChI=1S/C10H7F3N2.2C2H6/c11-10(12,13)8-3-1-7(2-4-8)9(15)5-6-14;2*1-2/h1-5H,15H2;2*1-2H3/b9-5-;;. The first-order chi connectivity index (χ1) is 8.95.